The number of aromatic nitrogens is 2. The van der Waals surface area contributed by atoms with E-state index in [1.54, 1.807) is 24.5 Å². The Hall–Kier alpha value is -3.03. The first-order chi connectivity index (χ1) is 10.9. The third kappa shape index (κ3) is 3.25. The van der Waals surface area contributed by atoms with Gasteiger partial charge in [-0.25, -0.2) is 4.79 Å². The van der Waals surface area contributed by atoms with Crippen molar-refractivity contribution in [3.63, 3.8) is 0 Å². The summed E-state index contributed by atoms with van der Waals surface area (Å²) in [5, 5.41) is 5.06. The molecule has 118 valence electrons. The van der Waals surface area contributed by atoms with Crippen LogP contribution in [0.1, 0.15) is 5.56 Å². The normalized spacial score (nSPS) is 11.4. The second-order valence-electron chi connectivity index (χ2n) is 4.76. The standard InChI is InChI=1S/C15H11F3N4O/c16-15(17,18)9-3-5-10(6-4-9)21-14(23)22-12-8-20-11-2-1-7-19-13(11)12/h1-8,20H,(H2,21,22,23). The molecule has 8 heteroatoms. The van der Waals surface area contributed by atoms with Crippen LogP contribution in [0.5, 0.6) is 0 Å². The highest BCUT2D eigenvalue weighted by Gasteiger charge is 2.29. The van der Waals surface area contributed by atoms with Crippen molar-refractivity contribution < 1.29 is 18.0 Å². The van der Waals surface area contributed by atoms with Crippen LogP contribution in [0, 0.1) is 0 Å². The SMILES string of the molecule is O=C(Nc1ccc(C(F)(F)F)cc1)Nc1c[nH]c2cccnc12. The summed E-state index contributed by atoms with van der Waals surface area (Å²) in [5.41, 5.74) is 1.31. The van der Waals surface area contributed by atoms with Crippen LogP contribution in [-0.4, -0.2) is 16.0 Å². The second-order valence-corrected chi connectivity index (χ2v) is 4.76. The van der Waals surface area contributed by atoms with Crippen molar-refractivity contribution >= 4 is 28.4 Å². The van der Waals surface area contributed by atoms with Gasteiger partial charge in [0.15, 0.2) is 0 Å². The first-order valence-corrected chi connectivity index (χ1v) is 6.61. The van der Waals surface area contributed by atoms with E-state index >= 15 is 0 Å². The van der Waals surface area contributed by atoms with Crippen LogP contribution in [0.2, 0.25) is 0 Å². The predicted octanol–water partition coefficient (Wildman–Crippen LogP) is 4.23. The molecule has 0 fully saturated rings. The topological polar surface area (TPSA) is 69.8 Å². The van der Waals surface area contributed by atoms with Gasteiger partial charge in [-0.2, -0.15) is 13.2 Å². The Kier molecular flexibility index (Phi) is 3.65. The van der Waals surface area contributed by atoms with Gasteiger partial charge in [0.05, 0.1) is 16.8 Å². The molecule has 0 aliphatic rings. The average molecular weight is 320 g/mol. The van der Waals surface area contributed by atoms with Crippen LogP contribution in [0.4, 0.5) is 29.3 Å². The lowest BCUT2D eigenvalue weighted by Crippen LogP contribution is -2.19. The van der Waals surface area contributed by atoms with Gasteiger partial charge in [0.1, 0.15) is 5.52 Å². The van der Waals surface area contributed by atoms with E-state index in [2.05, 4.69) is 20.6 Å². The Morgan fingerprint density at radius 3 is 2.52 bits per heavy atom. The van der Waals surface area contributed by atoms with Crippen molar-refractivity contribution in [2.75, 3.05) is 10.6 Å². The Morgan fingerprint density at radius 2 is 1.83 bits per heavy atom. The first-order valence-electron chi connectivity index (χ1n) is 6.61. The van der Waals surface area contributed by atoms with Crippen molar-refractivity contribution in [2.45, 2.75) is 6.18 Å². The Morgan fingerprint density at radius 1 is 1.09 bits per heavy atom. The molecule has 23 heavy (non-hydrogen) atoms. The quantitative estimate of drug-likeness (QED) is 0.661. The van der Waals surface area contributed by atoms with E-state index in [0.29, 0.717) is 11.2 Å². The van der Waals surface area contributed by atoms with E-state index in [9.17, 15) is 18.0 Å². The summed E-state index contributed by atoms with van der Waals surface area (Å²) in [6.07, 6.45) is -1.23. The molecule has 2 amide bonds. The zero-order valence-electron chi connectivity index (χ0n) is 11.6. The zero-order chi connectivity index (χ0) is 16.4. The summed E-state index contributed by atoms with van der Waals surface area (Å²) in [6.45, 7) is 0. The zero-order valence-corrected chi connectivity index (χ0v) is 11.6. The van der Waals surface area contributed by atoms with Gasteiger partial charge in [-0.05, 0) is 36.4 Å². The molecular formula is C15H11F3N4O. The number of halogens is 3. The van der Waals surface area contributed by atoms with Crippen LogP contribution in [-0.2, 0) is 6.18 Å². The number of anilines is 2. The third-order valence-corrected chi connectivity index (χ3v) is 3.15. The van der Waals surface area contributed by atoms with Crippen molar-refractivity contribution in [1.82, 2.24) is 9.97 Å². The highest BCUT2D eigenvalue weighted by molar-refractivity contribution is 6.04. The molecule has 1 aromatic carbocycles. The maximum Gasteiger partial charge on any atom is 0.416 e. The molecule has 0 aliphatic carbocycles. The summed E-state index contributed by atoms with van der Waals surface area (Å²) >= 11 is 0. The smallest absolute Gasteiger partial charge is 0.358 e. The summed E-state index contributed by atoms with van der Waals surface area (Å²) in [7, 11) is 0. The van der Waals surface area contributed by atoms with E-state index < -0.39 is 17.8 Å². The van der Waals surface area contributed by atoms with Crippen LogP contribution < -0.4 is 10.6 Å². The van der Waals surface area contributed by atoms with Gasteiger partial charge in [-0.3, -0.25) is 4.98 Å². The molecule has 2 heterocycles. The molecule has 0 saturated heterocycles. The summed E-state index contributed by atoms with van der Waals surface area (Å²) in [5.74, 6) is 0. The molecule has 0 aliphatic heterocycles. The van der Waals surface area contributed by atoms with Gasteiger partial charge in [-0.1, -0.05) is 0 Å². The number of benzene rings is 1. The molecular weight excluding hydrogens is 309 g/mol. The molecule has 0 unspecified atom stereocenters. The maximum atomic E-state index is 12.5. The molecule has 0 bridgehead atoms. The van der Waals surface area contributed by atoms with Crippen molar-refractivity contribution in [1.29, 1.82) is 0 Å². The van der Waals surface area contributed by atoms with Crippen molar-refractivity contribution in [3.05, 3.63) is 54.4 Å². The number of pyridine rings is 1. The van der Waals surface area contributed by atoms with Gasteiger partial charge in [0.25, 0.3) is 0 Å². The maximum absolute atomic E-state index is 12.5. The number of carbonyl (C=O) groups is 1. The highest BCUT2D eigenvalue weighted by atomic mass is 19.4. The van der Waals surface area contributed by atoms with Gasteiger partial charge in [0, 0.05) is 18.1 Å². The first kappa shape index (κ1) is 14.9. The second kappa shape index (κ2) is 5.64. The van der Waals surface area contributed by atoms with E-state index in [4.69, 9.17) is 0 Å². The molecule has 0 spiro atoms. The number of hydrogen-bond acceptors (Lipinski definition) is 2. The highest BCUT2D eigenvalue weighted by Crippen LogP contribution is 2.29. The number of carbonyl (C=O) groups excluding carboxylic acids is 1. The molecule has 0 radical (unpaired) electrons. The van der Waals surface area contributed by atoms with E-state index in [-0.39, 0.29) is 5.69 Å². The molecule has 0 atom stereocenters. The van der Waals surface area contributed by atoms with E-state index in [1.807, 2.05) is 0 Å². The van der Waals surface area contributed by atoms with E-state index in [0.717, 1.165) is 17.6 Å². The number of nitrogens with one attached hydrogen (secondary N) is 3. The Balaban J connectivity index is 1.70. The van der Waals surface area contributed by atoms with Gasteiger partial charge >= 0.3 is 12.2 Å². The number of nitrogens with zero attached hydrogens (tertiary/aromatic N) is 1. The minimum atomic E-state index is -4.41. The summed E-state index contributed by atoms with van der Waals surface area (Å²) in [6, 6.07) is 7.18. The molecule has 0 saturated carbocycles. The van der Waals surface area contributed by atoms with Crippen LogP contribution >= 0.6 is 0 Å². The molecule has 3 N–H and O–H groups in total. The lowest BCUT2D eigenvalue weighted by Gasteiger charge is -2.09. The van der Waals surface area contributed by atoms with Crippen LogP contribution in [0.15, 0.2) is 48.8 Å². The minimum Gasteiger partial charge on any atom is -0.358 e. The van der Waals surface area contributed by atoms with Crippen molar-refractivity contribution in [3.8, 4) is 0 Å². The lowest BCUT2D eigenvalue weighted by molar-refractivity contribution is -0.137. The molecule has 3 aromatic rings. The number of urea groups is 1. The van der Waals surface area contributed by atoms with Crippen molar-refractivity contribution in [2.24, 2.45) is 0 Å². The fraction of sp³-hybridized carbons (Fsp3) is 0.0667. The van der Waals surface area contributed by atoms with E-state index in [1.165, 1.54) is 12.1 Å². The number of alkyl halides is 3. The Labute approximate surface area is 128 Å². The number of rotatable bonds is 2. The summed E-state index contributed by atoms with van der Waals surface area (Å²) < 4.78 is 37.4. The monoisotopic (exact) mass is 320 g/mol. The molecule has 2 aromatic heterocycles. The number of aromatic amines is 1. The number of fused-ring (bicyclic) bond motifs is 1. The predicted molar refractivity (Wildman–Crippen MR) is 80.2 cm³/mol. The van der Waals surface area contributed by atoms with Crippen LogP contribution in [0.25, 0.3) is 11.0 Å². The largest absolute Gasteiger partial charge is 0.416 e. The van der Waals surface area contributed by atoms with Crippen LogP contribution in [0.3, 0.4) is 0 Å². The number of amides is 2. The Bertz CT molecular complexity index is 840. The minimum absolute atomic E-state index is 0.253. The number of hydrogen-bond donors (Lipinski definition) is 3. The third-order valence-electron chi connectivity index (χ3n) is 3.15. The average Bonchev–Trinajstić information content (AvgIpc) is 2.90. The lowest BCUT2D eigenvalue weighted by atomic mass is 10.2. The fourth-order valence-electron chi connectivity index (χ4n) is 2.08. The molecule has 3 rings (SSSR count). The van der Waals surface area contributed by atoms with Gasteiger partial charge in [0.2, 0.25) is 0 Å². The summed E-state index contributed by atoms with van der Waals surface area (Å²) in [4.78, 5) is 19.0. The fourth-order valence-corrected chi connectivity index (χ4v) is 2.08. The van der Waals surface area contributed by atoms with Gasteiger partial charge < -0.3 is 15.6 Å². The number of H-pyrrole nitrogens is 1. The molecule has 5 nitrogen and oxygen atoms in total. The van der Waals surface area contributed by atoms with Gasteiger partial charge in [-0.15, -0.1) is 0 Å².